The average molecular weight is 412 g/mol. The number of hydrogen-bond donors (Lipinski definition) is 0. The Morgan fingerprint density at radius 2 is 1.58 bits per heavy atom. The Balaban J connectivity index is 1.33. The highest BCUT2D eigenvalue weighted by Gasteiger charge is 2.23. The van der Waals surface area contributed by atoms with Crippen molar-refractivity contribution in [3.63, 3.8) is 0 Å². The Morgan fingerprint density at radius 3 is 2.35 bits per heavy atom. The second-order valence-corrected chi connectivity index (χ2v) is 7.82. The predicted octanol–water partition coefficient (Wildman–Crippen LogP) is 3.37. The van der Waals surface area contributed by atoms with E-state index in [9.17, 15) is 4.79 Å². The van der Waals surface area contributed by atoms with E-state index < -0.39 is 0 Å². The highest BCUT2D eigenvalue weighted by Crippen LogP contribution is 2.20. The zero-order chi connectivity index (χ0) is 21.0. The quantitative estimate of drug-likeness (QED) is 0.505. The summed E-state index contributed by atoms with van der Waals surface area (Å²) in [6.07, 6.45) is 2.52. The zero-order valence-electron chi connectivity index (χ0n) is 17.4. The van der Waals surface area contributed by atoms with Crippen LogP contribution < -0.4 is 4.90 Å². The number of benzene rings is 2. The number of carbonyl (C=O) groups is 1. The number of para-hydroxylation sites is 2. The molecule has 4 aromatic rings. The van der Waals surface area contributed by atoms with Gasteiger partial charge in [0.1, 0.15) is 18.2 Å². The van der Waals surface area contributed by atoms with Gasteiger partial charge < -0.3 is 14.4 Å². The molecule has 0 radical (unpaired) electrons. The Hall–Kier alpha value is -3.67. The number of imidazole rings is 1. The van der Waals surface area contributed by atoms with Crippen molar-refractivity contribution in [3.8, 4) is 0 Å². The van der Waals surface area contributed by atoms with Gasteiger partial charge >= 0.3 is 0 Å². The minimum absolute atomic E-state index is 0.137. The normalized spacial score (nSPS) is 14.2. The molecule has 1 fully saturated rings. The predicted molar refractivity (Wildman–Crippen MR) is 122 cm³/mol. The standard InChI is InChI=1S/C25H25N5O/c31-25(29-16-14-28(15-17-29)23-12-6-7-13-26-23)19-30-22-11-5-4-10-21(22)27-24(30)18-20-8-2-1-3-9-20/h1-13H,14-19H2. The molecule has 0 atom stereocenters. The van der Waals surface area contributed by atoms with Crippen LogP contribution in [-0.2, 0) is 17.8 Å². The lowest BCUT2D eigenvalue weighted by molar-refractivity contribution is -0.132. The molecule has 0 saturated carbocycles. The van der Waals surface area contributed by atoms with Gasteiger partial charge in [-0.05, 0) is 29.8 Å². The molecule has 0 aliphatic carbocycles. The van der Waals surface area contributed by atoms with Crippen LogP contribution >= 0.6 is 0 Å². The summed E-state index contributed by atoms with van der Waals surface area (Å²) >= 11 is 0. The Kier molecular flexibility index (Phi) is 5.35. The molecule has 2 aromatic heterocycles. The smallest absolute Gasteiger partial charge is 0.242 e. The van der Waals surface area contributed by atoms with Gasteiger partial charge in [0, 0.05) is 38.8 Å². The summed E-state index contributed by atoms with van der Waals surface area (Å²) in [6.45, 7) is 3.31. The minimum atomic E-state index is 0.137. The van der Waals surface area contributed by atoms with E-state index in [-0.39, 0.29) is 5.91 Å². The lowest BCUT2D eigenvalue weighted by Gasteiger charge is -2.35. The number of rotatable bonds is 5. The van der Waals surface area contributed by atoms with Crippen molar-refractivity contribution in [1.29, 1.82) is 0 Å². The first kappa shape index (κ1) is 19.3. The minimum Gasteiger partial charge on any atom is -0.353 e. The number of pyridine rings is 1. The molecule has 3 heterocycles. The molecule has 0 unspecified atom stereocenters. The van der Waals surface area contributed by atoms with Crippen molar-refractivity contribution in [2.45, 2.75) is 13.0 Å². The number of nitrogens with zero attached hydrogens (tertiary/aromatic N) is 5. The number of anilines is 1. The molecule has 6 nitrogen and oxygen atoms in total. The average Bonchev–Trinajstić information content (AvgIpc) is 3.17. The molecule has 0 N–H and O–H groups in total. The maximum absolute atomic E-state index is 13.2. The fourth-order valence-electron chi connectivity index (χ4n) is 4.18. The topological polar surface area (TPSA) is 54.3 Å². The molecule has 6 heteroatoms. The van der Waals surface area contributed by atoms with Crippen molar-refractivity contribution >= 4 is 22.8 Å². The molecule has 1 amide bonds. The third-order valence-corrected chi connectivity index (χ3v) is 5.84. The molecule has 0 spiro atoms. The number of amides is 1. The summed E-state index contributed by atoms with van der Waals surface area (Å²) in [5.74, 6) is 2.03. The van der Waals surface area contributed by atoms with Crippen molar-refractivity contribution < 1.29 is 4.79 Å². The molecular weight excluding hydrogens is 386 g/mol. The Labute approximate surface area is 181 Å². The fraction of sp³-hybridized carbons (Fsp3) is 0.240. The van der Waals surface area contributed by atoms with Crippen LogP contribution in [0.25, 0.3) is 11.0 Å². The highest BCUT2D eigenvalue weighted by atomic mass is 16.2. The first-order chi connectivity index (χ1) is 15.3. The van der Waals surface area contributed by atoms with Crippen LogP contribution in [-0.4, -0.2) is 51.5 Å². The van der Waals surface area contributed by atoms with E-state index in [1.807, 2.05) is 71.8 Å². The van der Waals surface area contributed by atoms with Gasteiger partial charge in [0.25, 0.3) is 0 Å². The molecule has 156 valence electrons. The first-order valence-electron chi connectivity index (χ1n) is 10.7. The molecule has 1 aliphatic rings. The van der Waals surface area contributed by atoms with E-state index in [2.05, 4.69) is 26.6 Å². The van der Waals surface area contributed by atoms with Gasteiger partial charge in [-0.2, -0.15) is 0 Å². The third kappa shape index (κ3) is 4.14. The maximum Gasteiger partial charge on any atom is 0.242 e. The van der Waals surface area contributed by atoms with Crippen LogP contribution in [0.4, 0.5) is 5.82 Å². The van der Waals surface area contributed by atoms with Crippen LogP contribution in [0.15, 0.2) is 79.0 Å². The molecule has 31 heavy (non-hydrogen) atoms. The van der Waals surface area contributed by atoms with Crippen LogP contribution in [0, 0.1) is 0 Å². The number of hydrogen-bond acceptors (Lipinski definition) is 4. The van der Waals surface area contributed by atoms with E-state index in [0.29, 0.717) is 26.1 Å². The van der Waals surface area contributed by atoms with Gasteiger partial charge in [-0.25, -0.2) is 9.97 Å². The summed E-state index contributed by atoms with van der Waals surface area (Å²) in [4.78, 5) is 26.7. The largest absolute Gasteiger partial charge is 0.353 e. The summed E-state index contributed by atoms with van der Waals surface area (Å²) < 4.78 is 2.08. The van der Waals surface area contributed by atoms with Crippen molar-refractivity contribution in [1.82, 2.24) is 19.4 Å². The van der Waals surface area contributed by atoms with E-state index in [4.69, 9.17) is 4.98 Å². The summed E-state index contributed by atoms with van der Waals surface area (Å²) in [5.41, 5.74) is 3.13. The summed E-state index contributed by atoms with van der Waals surface area (Å²) in [7, 11) is 0. The maximum atomic E-state index is 13.2. The molecule has 1 aliphatic heterocycles. The molecule has 1 saturated heterocycles. The SMILES string of the molecule is O=C(Cn1c(Cc2ccccc2)nc2ccccc21)N1CCN(c2ccccn2)CC1. The molecule has 2 aromatic carbocycles. The monoisotopic (exact) mass is 411 g/mol. The second-order valence-electron chi connectivity index (χ2n) is 7.82. The number of aromatic nitrogens is 3. The van der Waals surface area contributed by atoms with Gasteiger partial charge in [0.2, 0.25) is 5.91 Å². The van der Waals surface area contributed by atoms with Gasteiger partial charge in [-0.3, -0.25) is 4.79 Å². The zero-order valence-corrected chi connectivity index (χ0v) is 17.4. The molecule has 0 bridgehead atoms. The number of carbonyl (C=O) groups excluding carboxylic acids is 1. The van der Waals surface area contributed by atoms with Crippen molar-refractivity contribution in [2.24, 2.45) is 0 Å². The summed E-state index contributed by atoms with van der Waals surface area (Å²) in [6, 6.07) is 24.3. The number of piperazine rings is 1. The first-order valence-corrected chi connectivity index (χ1v) is 10.7. The van der Waals surface area contributed by atoms with Crippen LogP contribution in [0.1, 0.15) is 11.4 Å². The molecule has 5 rings (SSSR count). The van der Waals surface area contributed by atoms with Gasteiger partial charge in [-0.1, -0.05) is 48.5 Å². The van der Waals surface area contributed by atoms with E-state index >= 15 is 0 Å². The van der Waals surface area contributed by atoms with Crippen molar-refractivity contribution in [3.05, 3.63) is 90.4 Å². The lowest BCUT2D eigenvalue weighted by Crippen LogP contribution is -2.49. The highest BCUT2D eigenvalue weighted by molar-refractivity contribution is 5.81. The molecular formula is C25H25N5O. The van der Waals surface area contributed by atoms with Gasteiger partial charge in [0.15, 0.2) is 0 Å². The summed E-state index contributed by atoms with van der Waals surface area (Å²) in [5, 5.41) is 0. The fourth-order valence-corrected chi connectivity index (χ4v) is 4.18. The second kappa shape index (κ2) is 8.60. The van der Waals surface area contributed by atoms with E-state index in [0.717, 1.165) is 35.8 Å². The van der Waals surface area contributed by atoms with Crippen LogP contribution in [0.2, 0.25) is 0 Å². The van der Waals surface area contributed by atoms with Gasteiger partial charge in [-0.15, -0.1) is 0 Å². The Bertz CT molecular complexity index is 1160. The van der Waals surface area contributed by atoms with Gasteiger partial charge in [0.05, 0.1) is 11.0 Å². The lowest BCUT2D eigenvalue weighted by atomic mass is 10.1. The number of fused-ring (bicyclic) bond motifs is 1. The Morgan fingerprint density at radius 1 is 0.839 bits per heavy atom. The van der Waals surface area contributed by atoms with E-state index in [1.165, 1.54) is 5.56 Å². The van der Waals surface area contributed by atoms with Crippen LogP contribution in [0.5, 0.6) is 0 Å². The van der Waals surface area contributed by atoms with Crippen LogP contribution in [0.3, 0.4) is 0 Å². The van der Waals surface area contributed by atoms with E-state index in [1.54, 1.807) is 0 Å². The third-order valence-electron chi connectivity index (χ3n) is 5.84. The van der Waals surface area contributed by atoms with Crippen molar-refractivity contribution in [2.75, 3.05) is 31.1 Å².